The predicted octanol–water partition coefficient (Wildman–Crippen LogP) is 5.83. The molecule has 0 spiro atoms. The molecule has 0 bridgehead atoms. The zero-order valence-electron chi connectivity index (χ0n) is 18.3. The van der Waals surface area contributed by atoms with Gasteiger partial charge in [-0.15, -0.1) is 0 Å². The zero-order valence-corrected chi connectivity index (χ0v) is 21.3. The van der Waals surface area contributed by atoms with E-state index in [0.717, 1.165) is 17.5 Å². The number of hydrogen-bond acceptors (Lipinski definition) is 6. The molecule has 0 aliphatic carbocycles. The molecule has 36 heavy (non-hydrogen) atoms. The van der Waals surface area contributed by atoms with Crippen LogP contribution in [0.2, 0.25) is 0 Å². The first-order valence-corrected chi connectivity index (χ1v) is 14.0. The number of fused-ring (bicyclic) bond motifs is 1. The van der Waals surface area contributed by atoms with Gasteiger partial charge in [0.1, 0.15) is 12.1 Å². The topological polar surface area (TPSA) is 75.1 Å². The number of anilines is 2. The van der Waals surface area contributed by atoms with E-state index in [2.05, 4.69) is 41.8 Å². The lowest BCUT2D eigenvalue weighted by atomic mass is 10.1. The van der Waals surface area contributed by atoms with Gasteiger partial charge in [0.2, 0.25) is 5.91 Å². The van der Waals surface area contributed by atoms with Gasteiger partial charge in [0.05, 0.1) is 23.1 Å². The lowest BCUT2D eigenvalue weighted by Crippen LogP contribution is -2.47. The minimum Gasteiger partial charge on any atom is -0.376 e. The Hall–Kier alpha value is -2.43. The highest BCUT2D eigenvalue weighted by atomic mass is 127. The van der Waals surface area contributed by atoms with Crippen LogP contribution in [0.3, 0.4) is 0 Å². The van der Waals surface area contributed by atoms with Gasteiger partial charge in [-0.05, 0) is 37.1 Å². The molecule has 1 aromatic carbocycles. The fourth-order valence-corrected chi connectivity index (χ4v) is 5.23. The van der Waals surface area contributed by atoms with Crippen LogP contribution in [0, 0.1) is 0 Å². The molecule has 1 amide bonds. The van der Waals surface area contributed by atoms with E-state index in [1.807, 2.05) is 16.2 Å². The maximum Gasteiger partial charge on any atom is 0.416 e. The molecular formula is C21H19F6IN6OS. The maximum atomic E-state index is 13.1. The van der Waals surface area contributed by atoms with Crippen LogP contribution in [0.5, 0.6) is 0 Å². The molecule has 7 nitrogen and oxygen atoms in total. The van der Waals surface area contributed by atoms with E-state index in [1.54, 1.807) is 0 Å². The molecule has 0 saturated carbocycles. The van der Waals surface area contributed by atoms with Crippen LogP contribution in [0.1, 0.15) is 24.0 Å². The third kappa shape index (κ3) is 6.10. The quantitative estimate of drug-likeness (QED) is 0.260. The molecule has 1 atom stereocenters. The number of rotatable bonds is 6. The summed E-state index contributed by atoms with van der Waals surface area (Å²) in [6.07, 6.45) is -5.19. The lowest BCUT2D eigenvalue weighted by Gasteiger charge is -2.33. The van der Waals surface area contributed by atoms with E-state index < -0.39 is 41.6 Å². The molecule has 1 saturated heterocycles. The van der Waals surface area contributed by atoms with Crippen molar-refractivity contribution in [2.24, 2.45) is 0 Å². The number of aromatic nitrogens is 3. The molecule has 1 unspecified atom stereocenters. The highest BCUT2D eigenvalue weighted by molar-refractivity contribution is 14.2. The van der Waals surface area contributed by atoms with Crippen molar-refractivity contribution in [3.05, 3.63) is 47.9 Å². The van der Waals surface area contributed by atoms with Crippen molar-refractivity contribution < 1.29 is 31.1 Å². The number of alkyl halides is 6. The monoisotopic (exact) mass is 644 g/mol. The minimum absolute atomic E-state index is 0.0466. The van der Waals surface area contributed by atoms with Gasteiger partial charge in [0.15, 0.2) is 5.65 Å². The highest BCUT2D eigenvalue weighted by Gasteiger charge is 2.37. The summed E-state index contributed by atoms with van der Waals surface area (Å²) in [6.45, 7) is 0.291. The Bertz CT molecular complexity index is 1220. The summed E-state index contributed by atoms with van der Waals surface area (Å²) in [6, 6.07) is 2.91. The molecule has 1 fully saturated rings. The summed E-state index contributed by atoms with van der Waals surface area (Å²) < 4.78 is 80.3. The van der Waals surface area contributed by atoms with Gasteiger partial charge in [0.25, 0.3) is 0 Å². The summed E-state index contributed by atoms with van der Waals surface area (Å²) >= 11 is 2.14. The Morgan fingerprint density at radius 1 is 1.11 bits per heavy atom. The van der Waals surface area contributed by atoms with E-state index >= 15 is 0 Å². The Labute approximate surface area is 217 Å². The van der Waals surface area contributed by atoms with Crippen molar-refractivity contribution in [3.8, 4) is 0 Å². The maximum absolute atomic E-state index is 13.1. The summed E-state index contributed by atoms with van der Waals surface area (Å²) in [5.74, 6) is 0.179. The number of carbonyl (C=O) groups is 1. The van der Waals surface area contributed by atoms with Crippen LogP contribution >= 0.6 is 30.3 Å². The van der Waals surface area contributed by atoms with Crippen molar-refractivity contribution in [2.75, 3.05) is 30.3 Å². The number of likely N-dealkylation sites (tertiary alicyclic amines) is 1. The van der Waals surface area contributed by atoms with Crippen molar-refractivity contribution in [1.82, 2.24) is 18.8 Å². The van der Waals surface area contributed by atoms with Gasteiger partial charge in [0, 0.05) is 61.3 Å². The molecule has 0 radical (unpaired) electrons. The number of nitrogens with one attached hydrogen (secondary N) is 2. The van der Waals surface area contributed by atoms with E-state index in [9.17, 15) is 31.1 Å². The first kappa shape index (κ1) is 26.6. The van der Waals surface area contributed by atoms with Gasteiger partial charge in [-0.25, -0.2) is 9.97 Å². The number of amides is 1. The van der Waals surface area contributed by atoms with E-state index in [4.69, 9.17) is 0 Å². The Morgan fingerprint density at radius 2 is 1.81 bits per heavy atom. The number of piperidine rings is 1. The number of nitrogens with zero attached hydrogens (tertiary/aromatic N) is 4. The summed E-state index contributed by atoms with van der Waals surface area (Å²) in [5.41, 5.74) is -2.58. The average Bonchev–Trinajstić information content (AvgIpc) is 3.26. The van der Waals surface area contributed by atoms with Crippen molar-refractivity contribution in [1.29, 1.82) is 0 Å². The van der Waals surface area contributed by atoms with E-state index in [-0.39, 0.29) is 12.1 Å². The molecule has 2 N–H and O–H groups in total. The second kappa shape index (κ2) is 10.5. The third-order valence-corrected chi connectivity index (χ3v) is 7.39. The number of benzene rings is 1. The Balaban J connectivity index is 1.42. The molecule has 2 aromatic heterocycles. The number of halogens is 7. The van der Waals surface area contributed by atoms with E-state index in [0.29, 0.717) is 37.5 Å². The van der Waals surface area contributed by atoms with Gasteiger partial charge < -0.3 is 15.5 Å². The summed E-state index contributed by atoms with van der Waals surface area (Å²) in [7, 11) is 1.46. The minimum atomic E-state index is -4.96. The molecule has 3 heterocycles. The predicted molar refractivity (Wildman–Crippen MR) is 133 cm³/mol. The molecule has 1 aliphatic rings. The molecular weight excluding hydrogens is 625 g/mol. The van der Waals surface area contributed by atoms with Crippen molar-refractivity contribution in [3.63, 3.8) is 0 Å². The van der Waals surface area contributed by atoms with Crippen molar-refractivity contribution in [2.45, 2.75) is 31.2 Å². The zero-order chi connectivity index (χ0) is 26.1. The SMILES string of the molecule is O=C(CNc1cc(C(F)(F)F)cc(C(F)(F)F)c1)N1CCCC(Nc2ncnc3c2ccn3SI)C1. The molecule has 3 aromatic rings. The second-order valence-electron chi connectivity index (χ2n) is 8.14. The lowest BCUT2D eigenvalue weighted by molar-refractivity contribution is -0.143. The van der Waals surface area contributed by atoms with Crippen LogP contribution in [0.4, 0.5) is 37.8 Å². The van der Waals surface area contributed by atoms with Gasteiger partial charge in [-0.2, -0.15) is 26.3 Å². The van der Waals surface area contributed by atoms with Crippen LogP contribution in [0.25, 0.3) is 11.0 Å². The largest absolute Gasteiger partial charge is 0.416 e. The Morgan fingerprint density at radius 3 is 2.44 bits per heavy atom. The summed E-state index contributed by atoms with van der Waals surface area (Å²) in [5, 5.41) is 6.57. The fourth-order valence-electron chi connectivity index (χ4n) is 3.96. The molecule has 1 aliphatic heterocycles. The van der Waals surface area contributed by atoms with Crippen molar-refractivity contribution >= 4 is 58.8 Å². The summed E-state index contributed by atoms with van der Waals surface area (Å²) in [4.78, 5) is 22.9. The van der Waals surface area contributed by atoms with Crippen LogP contribution < -0.4 is 10.6 Å². The first-order chi connectivity index (χ1) is 17.0. The normalized spacial score (nSPS) is 16.9. The number of carbonyl (C=O) groups excluding carboxylic acids is 1. The molecule has 194 valence electrons. The second-order valence-corrected chi connectivity index (χ2v) is 9.85. The molecule has 4 rings (SSSR count). The Kier molecular flexibility index (Phi) is 7.78. The number of hydrogen-bond donors (Lipinski definition) is 2. The first-order valence-electron chi connectivity index (χ1n) is 10.6. The van der Waals surface area contributed by atoms with Crippen LogP contribution in [-0.2, 0) is 17.1 Å². The third-order valence-electron chi connectivity index (χ3n) is 5.67. The van der Waals surface area contributed by atoms with Gasteiger partial charge >= 0.3 is 12.4 Å². The highest BCUT2D eigenvalue weighted by Crippen LogP contribution is 2.37. The molecule has 15 heteroatoms. The van der Waals surface area contributed by atoms with Gasteiger partial charge in [-0.1, -0.05) is 0 Å². The standard InChI is InChI=1S/C21H19F6IN6OS/c22-20(23,24)12-6-13(21(25,26)27)8-15(7-12)29-9-17(35)33-4-1-2-14(10-33)32-18-16-3-5-34(36-28)19(16)31-11-30-18/h3,5-8,11,14,29H,1-2,4,9-10H2,(H,30,31,32). The van der Waals surface area contributed by atoms with Crippen LogP contribution in [0.15, 0.2) is 36.8 Å². The van der Waals surface area contributed by atoms with Gasteiger partial charge in [-0.3, -0.25) is 8.77 Å². The average molecular weight is 644 g/mol. The van der Waals surface area contributed by atoms with E-state index in [1.165, 1.54) is 20.3 Å². The van der Waals surface area contributed by atoms with Crippen LogP contribution in [-0.4, -0.2) is 50.4 Å². The fraction of sp³-hybridized carbons (Fsp3) is 0.381. The smallest absolute Gasteiger partial charge is 0.376 e.